The van der Waals surface area contributed by atoms with Crippen molar-refractivity contribution in [1.29, 1.82) is 0 Å². The van der Waals surface area contributed by atoms with Gasteiger partial charge in [-0.25, -0.2) is 9.59 Å². The summed E-state index contributed by atoms with van der Waals surface area (Å²) in [6.45, 7) is 4.19. The first kappa shape index (κ1) is 21.5. The molecule has 124 valence electrons. The molecule has 0 radical (unpaired) electrons. The summed E-state index contributed by atoms with van der Waals surface area (Å²) in [6.07, 6.45) is 0. The Morgan fingerprint density at radius 1 is 0.545 bits per heavy atom. The smallest absolute Gasteiger partial charge is 0.373 e. The van der Waals surface area contributed by atoms with Gasteiger partial charge in [0, 0.05) is 0 Å². The minimum absolute atomic E-state index is 1.05. The van der Waals surface area contributed by atoms with E-state index in [9.17, 15) is 28.8 Å². The van der Waals surface area contributed by atoms with Gasteiger partial charge in [-0.1, -0.05) is 0 Å². The SMILES string of the molecule is CC(C)(C(=O)O)C(=O)C(=O)O.CC(C)(C(=O)O)C(=O)C(=O)O. The van der Waals surface area contributed by atoms with Crippen LogP contribution in [0.2, 0.25) is 0 Å². The van der Waals surface area contributed by atoms with Gasteiger partial charge in [-0.05, 0) is 27.7 Å². The highest BCUT2D eigenvalue weighted by atomic mass is 16.4. The van der Waals surface area contributed by atoms with E-state index >= 15 is 0 Å². The molecule has 0 aromatic carbocycles. The zero-order valence-electron chi connectivity index (χ0n) is 12.2. The summed E-state index contributed by atoms with van der Waals surface area (Å²) < 4.78 is 0. The summed E-state index contributed by atoms with van der Waals surface area (Å²) in [7, 11) is 0. The second-order valence-electron chi connectivity index (χ2n) is 5.13. The predicted molar refractivity (Wildman–Crippen MR) is 68.1 cm³/mol. The van der Waals surface area contributed by atoms with Crippen molar-refractivity contribution in [3.8, 4) is 0 Å². The summed E-state index contributed by atoms with van der Waals surface area (Å²) >= 11 is 0. The fraction of sp³-hybridized carbons (Fsp3) is 0.500. The molecule has 0 aliphatic carbocycles. The normalized spacial score (nSPS) is 10.7. The van der Waals surface area contributed by atoms with Crippen molar-refractivity contribution >= 4 is 35.4 Å². The number of hydrogen-bond acceptors (Lipinski definition) is 6. The molecule has 0 aromatic heterocycles. The number of carboxylic acids is 4. The van der Waals surface area contributed by atoms with Crippen molar-refractivity contribution in [2.75, 3.05) is 0 Å². The molecule has 10 nitrogen and oxygen atoms in total. The molecule has 4 N–H and O–H groups in total. The van der Waals surface area contributed by atoms with Gasteiger partial charge in [0.2, 0.25) is 0 Å². The van der Waals surface area contributed by atoms with E-state index in [1.165, 1.54) is 0 Å². The van der Waals surface area contributed by atoms with Crippen LogP contribution in [0.25, 0.3) is 0 Å². The van der Waals surface area contributed by atoms with E-state index in [2.05, 4.69) is 0 Å². The van der Waals surface area contributed by atoms with Crippen molar-refractivity contribution in [3.05, 3.63) is 0 Å². The number of Topliss-reactive ketones (excluding diaryl/α,β-unsaturated/α-hetero) is 2. The molecule has 0 fully saturated rings. The predicted octanol–water partition coefficient (Wildman–Crippen LogP) is -0.498. The molecule has 0 saturated carbocycles. The summed E-state index contributed by atoms with van der Waals surface area (Å²) in [5.74, 6) is -8.96. The van der Waals surface area contributed by atoms with Crippen LogP contribution in [0.4, 0.5) is 0 Å². The molecule has 0 aromatic rings. The highest BCUT2D eigenvalue weighted by Crippen LogP contribution is 2.16. The molecule has 0 atom stereocenters. The quantitative estimate of drug-likeness (QED) is 0.367. The number of carbonyl (C=O) groups excluding carboxylic acids is 2. The van der Waals surface area contributed by atoms with Gasteiger partial charge in [0.1, 0.15) is 10.8 Å². The molecule has 0 bridgehead atoms. The number of rotatable bonds is 6. The van der Waals surface area contributed by atoms with E-state index < -0.39 is 46.3 Å². The lowest BCUT2D eigenvalue weighted by Gasteiger charge is -2.13. The first-order chi connectivity index (χ1) is 9.59. The molecule has 10 heteroatoms. The van der Waals surface area contributed by atoms with Crippen LogP contribution in [0.3, 0.4) is 0 Å². The number of ketones is 2. The van der Waals surface area contributed by atoms with Crippen LogP contribution in [0.15, 0.2) is 0 Å². The van der Waals surface area contributed by atoms with Gasteiger partial charge in [0.15, 0.2) is 0 Å². The van der Waals surface area contributed by atoms with E-state index in [1.54, 1.807) is 0 Å². The lowest BCUT2D eigenvalue weighted by atomic mass is 9.88. The summed E-state index contributed by atoms with van der Waals surface area (Å²) in [6, 6.07) is 0. The van der Waals surface area contributed by atoms with E-state index in [4.69, 9.17) is 20.4 Å². The summed E-state index contributed by atoms with van der Waals surface area (Å²) in [4.78, 5) is 61.9. The van der Waals surface area contributed by atoms with Crippen LogP contribution in [-0.2, 0) is 28.8 Å². The lowest BCUT2D eigenvalue weighted by Crippen LogP contribution is -2.37. The molecule has 0 aliphatic rings. The van der Waals surface area contributed by atoms with E-state index in [0.29, 0.717) is 0 Å². The third-order valence-electron chi connectivity index (χ3n) is 2.59. The number of hydrogen-bond donors (Lipinski definition) is 4. The van der Waals surface area contributed by atoms with Gasteiger partial charge >= 0.3 is 23.9 Å². The Morgan fingerprint density at radius 3 is 0.773 bits per heavy atom. The Morgan fingerprint density at radius 2 is 0.727 bits per heavy atom. The van der Waals surface area contributed by atoms with E-state index in [1.807, 2.05) is 0 Å². The van der Waals surface area contributed by atoms with Crippen molar-refractivity contribution in [2.45, 2.75) is 27.7 Å². The number of aliphatic carboxylic acids is 4. The fourth-order valence-electron chi connectivity index (χ4n) is 0.729. The van der Waals surface area contributed by atoms with Crippen LogP contribution in [-0.4, -0.2) is 55.9 Å². The van der Waals surface area contributed by atoms with Crippen LogP contribution < -0.4 is 0 Å². The Bertz CT molecular complexity index is 478. The summed E-state index contributed by atoms with van der Waals surface area (Å²) in [5, 5.41) is 33.1. The van der Waals surface area contributed by atoms with Crippen molar-refractivity contribution < 1.29 is 49.2 Å². The molecule has 0 unspecified atom stereocenters. The maximum Gasteiger partial charge on any atom is 0.373 e. The van der Waals surface area contributed by atoms with Crippen LogP contribution >= 0.6 is 0 Å². The van der Waals surface area contributed by atoms with Crippen LogP contribution in [0, 0.1) is 10.8 Å². The van der Waals surface area contributed by atoms with E-state index in [-0.39, 0.29) is 0 Å². The zero-order chi connectivity index (χ0) is 18.5. The van der Waals surface area contributed by atoms with Gasteiger partial charge in [-0.3, -0.25) is 19.2 Å². The molecule has 0 spiro atoms. The van der Waals surface area contributed by atoms with Crippen molar-refractivity contribution in [3.63, 3.8) is 0 Å². The van der Waals surface area contributed by atoms with Gasteiger partial charge in [-0.15, -0.1) is 0 Å². The Hall–Kier alpha value is -2.78. The standard InChI is InChI=1S/2C6H8O5/c2*1-6(2,5(10)11)3(7)4(8)9/h2*1-2H3,(H,8,9)(H,10,11). The van der Waals surface area contributed by atoms with Gasteiger partial charge in [-0.2, -0.15) is 0 Å². The highest BCUT2D eigenvalue weighted by molar-refractivity contribution is 6.39. The molecule has 0 rings (SSSR count). The van der Waals surface area contributed by atoms with Crippen molar-refractivity contribution in [1.82, 2.24) is 0 Å². The fourth-order valence-corrected chi connectivity index (χ4v) is 0.729. The molecular formula is C12H16O10. The van der Waals surface area contributed by atoms with Gasteiger partial charge < -0.3 is 20.4 Å². The molecule has 0 heterocycles. The largest absolute Gasteiger partial charge is 0.480 e. The molecular weight excluding hydrogens is 304 g/mol. The monoisotopic (exact) mass is 320 g/mol. The average Bonchev–Trinajstić information content (AvgIpc) is 2.36. The molecule has 0 saturated heterocycles. The lowest BCUT2D eigenvalue weighted by molar-refractivity contribution is -0.162. The number of carboxylic acid groups (broad SMARTS) is 4. The summed E-state index contributed by atoms with van der Waals surface area (Å²) in [5.41, 5.74) is -3.68. The first-order valence-corrected chi connectivity index (χ1v) is 5.62. The maximum atomic E-state index is 10.6. The van der Waals surface area contributed by atoms with Crippen molar-refractivity contribution in [2.24, 2.45) is 10.8 Å². The Kier molecular flexibility index (Phi) is 7.13. The zero-order valence-corrected chi connectivity index (χ0v) is 12.2. The van der Waals surface area contributed by atoms with E-state index in [0.717, 1.165) is 27.7 Å². The third kappa shape index (κ3) is 5.31. The van der Waals surface area contributed by atoms with Gasteiger partial charge in [0.05, 0.1) is 0 Å². The molecule has 0 aliphatic heterocycles. The minimum Gasteiger partial charge on any atom is -0.480 e. The maximum absolute atomic E-state index is 10.6. The Balaban J connectivity index is 0. The second kappa shape index (κ2) is 7.29. The Labute approximate surface area is 124 Å². The first-order valence-electron chi connectivity index (χ1n) is 5.62. The third-order valence-corrected chi connectivity index (χ3v) is 2.59. The topological polar surface area (TPSA) is 183 Å². The molecule has 0 amide bonds. The second-order valence-corrected chi connectivity index (χ2v) is 5.13. The number of carbonyl (C=O) groups is 6. The average molecular weight is 320 g/mol. The van der Waals surface area contributed by atoms with Crippen LogP contribution in [0.5, 0.6) is 0 Å². The minimum atomic E-state index is -1.84. The molecule has 22 heavy (non-hydrogen) atoms. The highest BCUT2D eigenvalue weighted by Gasteiger charge is 2.40. The van der Waals surface area contributed by atoms with Crippen LogP contribution in [0.1, 0.15) is 27.7 Å². The van der Waals surface area contributed by atoms with Gasteiger partial charge in [0.25, 0.3) is 11.6 Å².